The Morgan fingerprint density at radius 1 is 1.00 bits per heavy atom. The predicted octanol–water partition coefficient (Wildman–Crippen LogP) is 4.63. The molecule has 2 nitrogen and oxygen atoms in total. The van der Waals surface area contributed by atoms with Gasteiger partial charge in [0.25, 0.3) is 0 Å². The topological polar surface area (TPSA) is 33.4 Å². The summed E-state index contributed by atoms with van der Waals surface area (Å²) in [6.07, 6.45) is -0.0323. The van der Waals surface area contributed by atoms with Crippen LogP contribution in [-0.4, -0.2) is 5.11 Å². The van der Waals surface area contributed by atoms with E-state index in [2.05, 4.69) is 32.9 Å². The second-order valence-corrected chi connectivity index (χ2v) is 5.78. The molecule has 0 saturated heterocycles. The van der Waals surface area contributed by atoms with Crippen molar-refractivity contribution in [1.29, 1.82) is 0 Å². The van der Waals surface area contributed by atoms with E-state index in [0.717, 1.165) is 11.0 Å². The first-order chi connectivity index (χ1) is 10.0. The van der Waals surface area contributed by atoms with Crippen LogP contribution in [0.5, 0.6) is 0 Å². The molecule has 3 aromatic rings. The van der Waals surface area contributed by atoms with Crippen molar-refractivity contribution >= 4 is 11.0 Å². The van der Waals surface area contributed by atoms with Crippen LogP contribution in [0.2, 0.25) is 0 Å². The molecule has 0 aliphatic carbocycles. The Balaban J connectivity index is 1.91. The number of furan rings is 1. The Morgan fingerprint density at radius 3 is 2.33 bits per heavy atom. The third-order valence-corrected chi connectivity index (χ3v) is 4.01. The van der Waals surface area contributed by atoms with Gasteiger partial charge in [-0.05, 0) is 49.6 Å². The Hall–Kier alpha value is -2.06. The van der Waals surface area contributed by atoms with Crippen LogP contribution in [0.4, 0.5) is 0 Å². The average Bonchev–Trinajstić information content (AvgIpc) is 2.86. The van der Waals surface area contributed by atoms with Crippen LogP contribution in [0.25, 0.3) is 11.0 Å². The van der Waals surface area contributed by atoms with Crippen molar-refractivity contribution in [3.05, 3.63) is 70.5 Å². The van der Waals surface area contributed by atoms with Gasteiger partial charge in [0.1, 0.15) is 17.4 Å². The second-order valence-electron chi connectivity index (χ2n) is 5.78. The number of benzene rings is 2. The molecule has 1 N–H and O–H groups in total. The zero-order valence-corrected chi connectivity index (χ0v) is 12.7. The first-order valence-electron chi connectivity index (χ1n) is 7.28. The molecule has 108 valence electrons. The van der Waals surface area contributed by atoms with Gasteiger partial charge in [0.05, 0.1) is 0 Å². The summed E-state index contributed by atoms with van der Waals surface area (Å²) in [4.78, 5) is 0. The fraction of sp³-hybridized carbons (Fsp3) is 0.263. The number of rotatable bonds is 3. The number of hydrogen-bond acceptors (Lipinski definition) is 2. The predicted molar refractivity (Wildman–Crippen MR) is 85.5 cm³/mol. The van der Waals surface area contributed by atoms with Crippen LogP contribution in [0.15, 0.2) is 46.9 Å². The molecule has 2 aromatic carbocycles. The summed E-state index contributed by atoms with van der Waals surface area (Å²) in [5, 5.41) is 11.5. The highest BCUT2D eigenvalue weighted by molar-refractivity contribution is 5.77. The van der Waals surface area contributed by atoms with Crippen molar-refractivity contribution in [2.75, 3.05) is 0 Å². The molecule has 1 heterocycles. The van der Waals surface area contributed by atoms with Crippen LogP contribution < -0.4 is 0 Å². The monoisotopic (exact) mass is 280 g/mol. The normalized spacial score (nSPS) is 12.8. The lowest BCUT2D eigenvalue weighted by Crippen LogP contribution is -2.04. The summed E-state index contributed by atoms with van der Waals surface area (Å²) in [7, 11) is 0. The molecule has 0 spiro atoms. The molecule has 0 saturated carbocycles. The third-order valence-electron chi connectivity index (χ3n) is 4.01. The molecule has 3 rings (SSSR count). The van der Waals surface area contributed by atoms with Crippen LogP contribution in [-0.2, 0) is 6.42 Å². The van der Waals surface area contributed by atoms with E-state index in [9.17, 15) is 5.11 Å². The summed E-state index contributed by atoms with van der Waals surface area (Å²) in [5.74, 6) is 0.635. The Bertz CT molecular complexity index is 727. The molecule has 0 amide bonds. The van der Waals surface area contributed by atoms with E-state index in [0.29, 0.717) is 12.2 Å². The minimum atomic E-state index is -0.613. The number of aryl methyl sites for hydroxylation is 3. The Labute approximate surface area is 125 Å². The Kier molecular flexibility index (Phi) is 3.56. The molecule has 21 heavy (non-hydrogen) atoms. The number of aliphatic hydroxyl groups is 1. The van der Waals surface area contributed by atoms with Gasteiger partial charge in [0, 0.05) is 11.8 Å². The highest BCUT2D eigenvalue weighted by Gasteiger charge is 2.16. The van der Waals surface area contributed by atoms with Gasteiger partial charge >= 0.3 is 0 Å². The summed E-state index contributed by atoms with van der Waals surface area (Å²) in [6, 6.07) is 14.1. The fourth-order valence-corrected chi connectivity index (χ4v) is 2.99. The second kappa shape index (κ2) is 5.38. The molecule has 1 aromatic heterocycles. The molecule has 0 aliphatic rings. The van der Waals surface area contributed by atoms with Crippen LogP contribution in [0.3, 0.4) is 0 Å². The molecule has 0 fully saturated rings. The van der Waals surface area contributed by atoms with Crippen LogP contribution >= 0.6 is 0 Å². The fourth-order valence-electron chi connectivity index (χ4n) is 2.99. The zero-order valence-electron chi connectivity index (χ0n) is 12.7. The standard InChI is InChI=1S/C19H20O2/c1-12-8-13(2)16(14(3)9-12)11-17(20)19-10-15-6-4-5-7-18(15)21-19/h4-10,17,20H,11H2,1-3H3/t17-/m0/s1. The first-order valence-corrected chi connectivity index (χ1v) is 7.28. The molecule has 0 radical (unpaired) electrons. The summed E-state index contributed by atoms with van der Waals surface area (Å²) in [5.41, 5.74) is 5.73. The van der Waals surface area contributed by atoms with Crippen molar-refractivity contribution in [2.45, 2.75) is 33.3 Å². The van der Waals surface area contributed by atoms with E-state index in [1.807, 2.05) is 30.3 Å². The maximum atomic E-state index is 10.5. The summed E-state index contributed by atoms with van der Waals surface area (Å²) in [6.45, 7) is 6.29. The smallest absolute Gasteiger partial charge is 0.134 e. The van der Waals surface area contributed by atoms with Crippen molar-refractivity contribution in [3.8, 4) is 0 Å². The highest BCUT2D eigenvalue weighted by Crippen LogP contribution is 2.28. The molecule has 0 aliphatic heterocycles. The van der Waals surface area contributed by atoms with E-state index in [1.165, 1.54) is 22.3 Å². The summed E-state index contributed by atoms with van der Waals surface area (Å²) < 4.78 is 5.76. The van der Waals surface area contributed by atoms with E-state index >= 15 is 0 Å². The quantitative estimate of drug-likeness (QED) is 0.758. The lowest BCUT2D eigenvalue weighted by Gasteiger charge is -2.14. The van der Waals surface area contributed by atoms with Gasteiger partial charge in [0.2, 0.25) is 0 Å². The van der Waals surface area contributed by atoms with Gasteiger partial charge in [-0.25, -0.2) is 0 Å². The number of fused-ring (bicyclic) bond motifs is 1. The number of aliphatic hydroxyl groups excluding tert-OH is 1. The maximum Gasteiger partial charge on any atom is 0.134 e. The first kappa shape index (κ1) is 13.9. The van der Waals surface area contributed by atoms with E-state index in [1.54, 1.807) is 0 Å². The van der Waals surface area contributed by atoms with Crippen LogP contribution in [0.1, 0.15) is 34.1 Å². The molecule has 1 atom stereocenters. The molecule has 2 heteroatoms. The molecular formula is C19H20O2. The minimum absolute atomic E-state index is 0.581. The molecule has 0 bridgehead atoms. The van der Waals surface area contributed by atoms with Gasteiger partial charge in [-0.15, -0.1) is 0 Å². The summed E-state index contributed by atoms with van der Waals surface area (Å²) >= 11 is 0. The largest absolute Gasteiger partial charge is 0.458 e. The maximum absolute atomic E-state index is 10.5. The lowest BCUT2D eigenvalue weighted by molar-refractivity contribution is 0.152. The van der Waals surface area contributed by atoms with Gasteiger partial charge in [-0.1, -0.05) is 35.9 Å². The lowest BCUT2D eigenvalue weighted by atomic mass is 9.94. The van der Waals surface area contributed by atoms with Gasteiger partial charge in [0.15, 0.2) is 0 Å². The van der Waals surface area contributed by atoms with E-state index in [4.69, 9.17) is 4.42 Å². The van der Waals surface area contributed by atoms with Gasteiger partial charge in [-0.3, -0.25) is 0 Å². The molecule has 0 unspecified atom stereocenters. The Morgan fingerprint density at radius 2 is 1.67 bits per heavy atom. The van der Waals surface area contributed by atoms with Crippen LogP contribution in [0, 0.1) is 20.8 Å². The number of para-hydroxylation sites is 1. The van der Waals surface area contributed by atoms with E-state index < -0.39 is 6.10 Å². The van der Waals surface area contributed by atoms with Crippen molar-refractivity contribution in [2.24, 2.45) is 0 Å². The SMILES string of the molecule is Cc1cc(C)c(C[C@H](O)c2cc3ccccc3o2)c(C)c1. The van der Waals surface area contributed by atoms with Crippen molar-refractivity contribution in [1.82, 2.24) is 0 Å². The molecular weight excluding hydrogens is 260 g/mol. The zero-order chi connectivity index (χ0) is 15.0. The van der Waals surface area contributed by atoms with E-state index in [-0.39, 0.29) is 0 Å². The third kappa shape index (κ3) is 2.72. The van der Waals surface area contributed by atoms with Gasteiger partial charge in [-0.2, -0.15) is 0 Å². The minimum Gasteiger partial charge on any atom is -0.458 e. The van der Waals surface area contributed by atoms with Gasteiger partial charge < -0.3 is 9.52 Å². The average molecular weight is 280 g/mol. The number of hydrogen-bond donors (Lipinski definition) is 1. The highest BCUT2D eigenvalue weighted by atomic mass is 16.4. The van der Waals surface area contributed by atoms with Crippen molar-refractivity contribution in [3.63, 3.8) is 0 Å². The van der Waals surface area contributed by atoms with Crippen molar-refractivity contribution < 1.29 is 9.52 Å².